The van der Waals surface area contributed by atoms with Crippen LogP contribution in [0.4, 0.5) is 0 Å². The van der Waals surface area contributed by atoms with Crippen molar-refractivity contribution in [3.63, 3.8) is 0 Å². The van der Waals surface area contributed by atoms with E-state index in [2.05, 4.69) is 46.8 Å². The third-order valence-electron chi connectivity index (χ3n) is 7.44. The Bertz CT molecular complexity index is 1130. The Kier molecular flexibility index (Phi) is 6.34. The van der Waals surface area contributed by atoms with Gasteiger partial charge in [0.05, 0.1) is 12.6 Å². The molecular weight excluding hydrogens is 412 g/mol. The van der Waals surface area contributed by atoms with Gasteiger partial charge in [-0.05, 0) is 67.1 Å². The molecule has 0 aliphatic carbocycles. The predicted molar refractivity (Wildman–Crippen MR) is 131 cm³/mol. The number of hydrogen-bond donors (Lipinski definition) is 0. The van der Waals surface area contributed by atoms with E-state index in [0.717, 1.165) is 41.9 Å². The monoisotopic (exact) mass is 444 g/mol. The summed E-state index contributed by atoms with van der Waals surface area (Å²) in [5, 5.41) is 1.13. The Labute approximate surface area is 196 Å². The normalized spacial score (nSPS) is 25.0. The van der Waals surface area contributed by atoms with Gasteiger partial charge in [0, 0.05) is 42.8 Å². The highest BCUT2D eigenvalue weighted by Gasteiger charge is 2.43. The second kappa shape index (κ2) is 9.54. The number of methoxy groups -OCH3 is 2. The van der Waals surface area contributed by atoms with Gasteiger partial charge in [-0.2, -0.15) is 0 Å². The summed E-state index contributed by atoms with van der Waals surface area (Å²) in [6, 6.07) is 17.1. The van der Waals surface area contributed by atoms with E-state index in [9.17, 15) is 0 Å². The summed E-state index contributed by atoms with van der Waals surface area (Å²) in [4.78, 5) is 7.31. The predicted octanol–water partition coefficient (Wildman–Crippen LogP) is 5.25. The van der Waals surface area contributed by atoms with Crippen molar-refractivity contribution in [2.24, 2.45) is 11.8 Å². The quantitative estimate of drug-likeness (QED) is 0.351. The van der Waals surface area contributed by atoms with E-state index in [1.54, 1.807) is 14.2 Å². The molecule has 5 nitrogen and oxygen atoms in total. The van der Waals surface area contributed by atoms with Gasteiger partial charge in [0.25, 0.3) is 0 Å². The Hall–Kier alpha value is -2.89. The number of fused-ring (bicyclic) bond motifs is 4. The lowest BCUT2D eigenvalue weighted by atomic mass is 9.69. The van der Waals surface area contributed by atoms with Crippen molar-refractivity contribution in [3.05, 3.63) is 78.5 Å². The molecule has 3 aromatic rings. The Balaban J connectivity index is 1.67. The molecule has 0 spiro atoms. The number of rotatable bonds is 8. The van der Waals surface area contributed by atoms with Crippen molar-refractivity contribution >= 4 is 10.9 Å². The molecule has 6 rings (SSSR count). The van der Waals surface area contributed by atoms with Gasteiger partial charge in [0.1, 0.15) is 11.5 Å². The van der Waals surface area contributed by atoms with Crippen molar-refractivity contribution in [1.82, 2.24) is 9.88 Å². The second-order valence-electron chi connectivity index (χ2n) is 9.10. The molecule has 0 saturated carbocycles. The first kappa shape index (κ1) is 21.9. The number of nitrogens with zero attached hydrogens (tertiary/aromatic N) is 2. The summed E-state index contributed by atoms with van der Waals surface area (Å²) in [6.07, 6.45) is 6.48. The third-order valence-corrected chi connectivity index (χ3v) is 7.44. The molecular formula is C28H32N2O3. The van der Waals surface area contributed by atoms with Crippen LogP contribution in [0.5, 0.6) is 11.5 Å². The maximum atomic E-state index is 6.06. The molecule has 0 amide bonds. The summed E-state index contributed by atoms with van der Waals surface area (Å²) in [5.41, 5.74) is 3.44. The SMILES string of the molecule is C=C[C@H]1CN2CC[C@H]1C[C@H]2[C@@H](c1ccccc1OCOC)c1ccnc2ccc(OC)cc12. The van der Waals surface area contributed by atoms with Crippen molar-refractivity contribution in [2.75, 3.05) is 34.1 Å². The summed E-state index contributed by atoms with van der Waals surface area (Å²) in [7, 11) is 3.37. The fourth-order valence-electron chi connectivity index (χ4n) is 5.84. The molecule has 3 fully saturated rings. The van der Waals surface area contributed by atoms with Crippen molar-refractivity contribution in [2.45, 2.75) is 24.8 Å². The maximum absolute atomic E-state index is 6.06. The standard InChI is InChI=1S/C28H32N2O3/c1-4-19-17-30-14-12-20(19)15-26(30)28(23-7-5-6-8-27(23)33-18-31-2)22-11-13-29-25-10-9-21(32-3)16-24(22)25/h4-11,13,16,19-20,26,28H,1,12,14-15,17-18H2,2-3H3/t19-,20-,26-,28+/m0/s1. The molecule has 1 aromatic heterocycles. The first-order valence-corrected chi connectivity index (χ1v) is 11.7. The average molecular weight is 445 g/mol. The van der Waals surface area contributed by atoms with Crippen LogP contribution in [-0.2, 0) is 4.74 Å². The van der Waals surface area contributed by atoms with Gasteiger partial charge in [-0.1, -0.05) is 24.3 Å². The first-order valence-electron chi connectivity index (χ1n) is 11.7. The number of pyridine rings is 1. The van der Waals surface area contributed by atoms with E-state index >= 15 is 0 Å². The van der Waals surface area contributed by atoms with Crippen LogP contribution in [-0.4, -0.2) is 50.0 Å². The third kappa shape index (κ3) is 4.11. The molecule has 4 heterocycles. The van der Waals surface area contributed by atoms with E-state index in [4.69, 9.17) is 14.2 Å². The van der Waals surface area contributed by atoms with Crippen LogP contribution in [0.15, 0.2) is 67.4 Å². The number of aromatic nitrogens is 1. The minimum Gasteiger partial charge on any atom is -0.497 e. The molecule has 3 aliphatic rings. The van der Waals surface area contributed by atoms with Gasteiger partial charge in [0.15, 0.2) is 6.79 Å². The maximum Gasteiger partial charge on any atom is 0.188 e. The zero-order chi connectivity index (χ0) is 22.8. The smallest absolute Gasteiger partial charge is 0.188 e. The van der Waals surface area contributed by atoms with Gasteiger partial charge in [0.2, 0.25) is 0 Å². The number of piperidine rings is 3. The highest BCUT2D eigenvalue weighted by Crippen LogP contribution is 2.47. The van der Waals surface area contributed by atoms with Gasteiger partial charge in [-0.3, -0.25) is 9.88 Å². The van der Waals surface area contributed by atoms with E-state index in [-0.39, 0.29) is 12.7 Å². The van der Waals surface area contributed by atoms with Crippen molar-refractivity contribution < 1.29 is 14.2 Å². The van der Waals surface area contributed by atoms with Crippen LogP contribution in [0.1, 0.15) is 29.9 Å². The van der Waals surface area contributed by atoms with E-state index in [1.807, 2.05) is 30.5 Å². The van der Waals surface area contributed by atoms with Crippen LogP contribution in [0.3, 0.4) is 0 Å². The van der Waals surface area contributed by atoms with Crippen molar-refractivity contribution in [1.29, 1.82) is 0 Å². The molecule has 3 aliphatic heterocycles. The molecule has 1 unspecified atom stereocenters. The van der Waals surface area contributed by atoms with Crippen LogP contribution in [0.25, 0.3) is 10.9 Å². The van der Waals surface area contributed by atoms with E-state index in [0.29, 0.717) is 17.9 Å². The summed E-state index contributed by atoms with van der Waals surface area (Å²) < 4.78 is 16.9. The van der Waals surface area contributed by atoms with E-state index in [1.165, 1.54) is 17.5 Å². The molecule has 3 saturated heterocycles. The Morgan fingerprint density at radius 2 is 2.03 bits per heavy atom. The summed E-state index contributed by atoms with van der Waals surface area (Å²) in [6.45, 7) is 6.54. The molecule has 5 heteroatoms. The highest BCUT2D eigenvalue weighted by atomic mass is 16.7. The summed E-state index contributed by atoms with van der Waals surface area (Å²) >= 11 is 0. The van der Waals surface area contributed by atoms with Gasteiger partial charge in [-0.25, -0.2) is 0 Å². The molecule has 0 radical (unpaired) electrons. The second-order valence-corrected chi connectivity index (χ2v) is 9.10. The molecule has 172 valence electrons. The average Bonchev–Trinajstić information content (AvgIpc) is 2.88. The molecule has 2 aromatic carbocycles. The Morgan fingerprint density at radius 1 is 1.15 bits per heavy atom. The topological polar surface area (TPSA) is 43.8 Å². The van der Waals surface area contributed by atoms with Gasteiger partial charge < -0.3 is 14.2 Å². The fraction of sp³-hybridized carbons (Fsp3) is 0.393. The lowest BCUT2D eigenvalue weighted by Gasteiger charge is -2.52. The van der Waals surface area contributed by atoms with Gasteiger partial charge in [-0.15, -0.1) is 6.58 Å². The summed E-state index contributed by atoms with van der Waals surface area (Å²) in [5.74, 6) is 3.11. The molecule has 5 atom stereocenters. The van der Waals surface area contributed by atoms with Gasteiger partial charge >= 0.3 is 0 Å². The molecule has 0 N–H and O–H groups in total. The zero-order valence-electron chi connectivity index (χ0n) is 19.4. The number of hydrogen-bond acceptors (Lipinski definition) is 5. The minimum absolute atomic E-state index is 0.143. The van der Waals surface area contributed by atoms with Crippen LogP contribution >= 0.6 is 0 Å². The number of ether oxygens (including phenoxy) is 3. The van der Waals surface area contributed by atoms with Crippen molar-refractivity contribution in [3.8, 4) is 11.5 Å². The fourth-order valence-corrected chi connectivity index (χ4v) is 5.84. The largest absolute Gasteiger partial charge is 0.497 e. The lowest BCUT2D eigenvalue weighted by Crippen LogP contribution is -2.55. The van der Waals surface area contributed by atoms with Crippen LogP contribution < -0.4 is 9.47 Å². The number of benzene rings is 2. The first-order chi connectivity index (χ1) is 16.2. The Morgan fingerprint density at radius 3 is 2.79 bits per heavy atom. The lowest BCUT2D eigenvalue weighted by molar-refractivity contribution is 0.0107. The number of para-hydroxylation sites is 1. The molecule has 2 bridgehead atoms. The minimum atomic E-state index is 0.143. The molecule has 33 heavy (non-hydrogen) atoms. The van der Waals surface area contributed by atoms with Crippen LogP contribution in [0, 0.1) is 11.8 Å². The highest BCUT2D eigenvalue weighted by molar-refractivity contribution is 5.84. The van der Waals surface area contributed by atoms with Crippen LogP contribution in [0.2, 0.25) is 0 Å². The zero-order valence-corrected chi connectivity index (χ0v) is 19.4. The van der Waals surface area contributed by atoms with E-state index < -0.39 is 0 Å².